The van der Waals surface area contributed by atoms with Gasteiger partial charge in [0.2, 0.25) is 0 Å². The fourth-order valence-corrected chi connectivity index (χ4v) is 2.70. The number of benzene rings is 2. The Hall–Kier alpha value is -2.73. The summed E-state index contributed by atoms with van der Waals surface area (Å²) < 4.78 is 12.8. The number of carbonyl (C=O) groups excluding carboxylic acids is 1. The van der Waals surface area contributed by atoms with E-state index in [2.05, 4.69) is 15.6 Å². The van der Waals surface area contributed by atoms with E-state index < -0.39 is 0 Å². The van der Waals surface area contributed by atoms with Gasteiger partial charge in [0, 0.05) is 22.3 Å². The second-order valence-electron chi connectivity index (χ2n) is 4.92. The second-order valence-corrected chi connectivity index (χ2v) is 5.98. The highest BCUT2D eigenvalue weighted by Crippen LogP contribution is 2.24. The van der Waals surface area contributed by atoms with Gasteiger partial charge in [0.1, 0.15) is 5.82 Å². The van der Waals surface area contributed by atoms with Gasteiger partial charge in [-0.15, -0.1) is 11.3 Å². The Kier molecular flexibility index (Phi) is 4.34. The Morgan fingerprint density at radius 2 is 1.83 bits per heavy atom. The first-order valence-corrected chi connectivity index (χ1v) is 7.84. The Morgan fingerprint density at radius 1 is 1.09 bits per heavy atom. The zero-order valence-corrected chi connectivity index (χ0v) is 13.2. The van der Waals surface area contributed by atoms with Gasteiger partial charge in [-0.2, -0.15) is 0 Å². The van der Waals surface area contributed by atoms with Crippen LogP contribution in [0.5, 0.6) is 0 Å². The van der Waals surface area contributed by atoms with Crippen molar-refractivity contribution in [3.63, 3.8) is 0 Å². The molecule has 0 aliphatic heterocycles. The number of nitrogens with zero attached hydrogens (tertiary/aromatic N) is 1. The number of rotatable bonds is 3. The third kappa shape index (κ3) is 3.92. The lowest BCUT2D eigenvalue weighted by Crippen LogP contribution is -2.19. The van der Waals surface area contributed by atoms with Crippen LogP contribution in [0.2, 0.25) is 0 Å². The molecule has 3 rings (SSSR count). The summed E-state index contributed by atoms with van der Waals surface area (Å²) in [6.07, 6.45) is 0. The summed E-state index contributed by atoms with van der Waals surface area (Å²) >= 11 is 1.58. The molecule has 0 radical (unpaired) electrons. The standard InChI is InChI=1S/C17H14FN3OS/c1-11-19-16(10-23-11)12-3-2-4-15(9-12)21-17(22)20-14-7-5-13(18)6-8-14/h2-10H,1H3,(H2,20,21,22). The molecule has 0 spiro atoms. The van der Waals surface area contributed by atoms with Gasteiger partial charge in [0.25, 0.3) is 0 Å². The molecule has 2 amide bonds. The average molecular weight is 327 g/mol. The summed E-state index contributed by atoms with van der Waals surface area (Å²) in [5, 5.41) is 8.38. The van der Waals surface area contributed by atoms with E-state index in [4.69, 9.17) is 0 Å². The minimum atomic E-state index is -0.386. The lowest BCUT2D eigenvalue weighted by Gasteiger charge is -2.08. The Balaban J connectivity index is 1.70. The van der Waals surface area contributed by atoms with Crippen LogP contribution in [0, 0.1) is 12.7 Å². The molecule has 116 valence electrons. The molecule has 4 nitrogen and oxygen atoms in total. The van der Waals surface area contributed by atoms with Crippen LogP contribution in [0.25, 0.3) is 11.3 Å². The average Bonchev–Trinajstić information content (AvgIpc) is 2.96. The van der Waals surface area contributed by atoms with E-state index in [-0.39, 0.29) is 11.8 Å². The van der Waals surface area contributed by atoms with Crippen molar-refractivity contribution >= 4 is 28.7 Å². The van der Waals surface area contributed by atoms with Crippen LogP contribution in [-0.4, -0.2) is 11.0 Å². The normalized spacial score (nSPS) is 10.3. The molecule has 0 saturated heterocycles. The minimum Gasteiger partial charge on any atom is -0.308 e. The predicted octanol–water partition coefficient (Wildman–Crippen LogP) is 4.90. The number of nitrogens with one attached hydrogen (secondary N) is 2. The highest BCUT2D eigenvalue weighted by molar-refractivity contribution is 7.09. The summed E-state index contributed by atoms with van der Waals surface area (Å²) in [7, 11) is 0. The Morgan fingerprint density at radius 3 is 2.52 bits per heavy atom. The molecule has 3 aromatic rings. The highest BCUT2D eigenvalue weighted by Gasteiger charge is 2.06. The molecular weight excluding hydrogens is 313 g/mol. The number of thiazole rings is 1. The molecule has 23 heavy (non-hydrogen) atoms. The van der Waals surface area contributed by atoms with Crippen LogP contribution >= 0.6 is 11.3 Å². The SMILES string of the molecule is Cc1nc(-c2cccc(NC(=O)Nc3ccc(F)cc3)c2)cs1. The lowest BCUT2D eigenvalue weighted by atomic mass is 10.1. The van der Waals surface area contributed by atoms with Gasteiger partial charge in [-0.05, 0) is 43.3 Å². The van der Waals surface area contributed by atoms with Crippen molar-refractivity contribution in [3.8, 4) is 11.3 Å². The van der Waals surface area contributed by atoms with E-state index in [1.807, 2.05) is 30.5 Å². The molecule has 1 aromatic heterocycles. The van der Waals surface area contributed by atoms with Crippen molar-refractivity contribution in [2.75, 3.05) is 10.6 Å². The van der Waals surface area contributed by atoms with Gasteiger partial charge in [0.15, 0.2) is 0 Å². The van der Waals surface area contributed by atoms with E-state index in [1.165, 1.54) is 24.3 Å². The predicted molar refractivity (Wildman–Crippen MR) is 91.3 cm³/mol. The van der Waals surface area contributed by atoms with Gasteiger partial charge < -0.3 is 10.6 Å². The van der Waals surface area contributed by atoms with Crippen LogP contribution in [-0.2, 0) is 0 Å². The fourth-order valence-electron chi connectivity index (χ4n) is 2.08. The van der Waals surface area contributed by atoms with E-state index in [1.54, 1.807) is 17.4 Å². The molecule has 0 bridgehead atoms. The summed E-state index contributed by atoms with van der Waals surface area (Å²) in [4.78, 5) is 16.4. The largest absolute Gasteiger partial charge is 0.323 e. The van der Waals surface area contributed by atoms with Crippen molar-refractivity contribution in [2.24, 2.45) is 0 Å². The monoisotopic (exact) mass is 327 g/mol. The van der Waals surface area contributed by atoms with Crippen molar-refractivity contribution < 1.29 is 9.18 Å². The summed E-state index contributed by atoms with van der Waals surface area (Å²) in [5.41, 5.74) is 3.01. The third-order valence-electron chi connectivity index (χ3n) is 3.14. The Labute approximate surface area is 137 Å². The molecule has 0 aliphatic carbocycles. The first kappa shape index (κ1) is 15.2. The molecule has 0 unspecified atom stereocenters. The number of halogens is 1. The molecule has 0 fully saturated rings. The zero-order chi connectivity index (χ0) is 16.2. The topological polar surface area (TPSA) is 54.0 Å². The van der Waals surface area contributed by atoms with Gasteiger partial charge in [-0.3, -0.25) is 0 Å². The number of hydrogen-bond acceptors (Lipinski definition) is 3. The maximum Gasteiger partial charge on any atom is 0.323 e. The first-order chi connectivity index (χ1) is 11.1. The maximum atomic E-state index is 12.8. The summed E-state index contributed by atoms with van der Waals surface area (Å²) in [6, 6.07) is 12.7. The van der Waals surface area contributed by atoms with Crippen molar-refractivity contribution in [1.29, 1.82) is 0 Å². The number of aromatic nitrogens is 1. The van der Waals surface area contributed by atoms with Gasteiger partial charge in [-0.1, -0.05) is 12.1 Å². The number of aryl methyl sites for hydroxylation is 1. The summed E-state index contributed by atoms with van der Waals surface area (Å²) in [5.74, 6) is -0.345. The quantitative estimate of drug-likeness (QED) is 0.719. The molecule has 2 aromatic carbocycles. The summed E-state index contributed by atoms with van der Waals surface area (Å²) in [6.45, 7) is 1.95. The van der Waals surface area contributed by atoms with E-state index in [0.29, 0.717) is 11.4 Å². The smallest absolute Gasteiger partial charge is 0.308 e. The molecule has 0 atom stereocenters. The molecule has 0 aliphatic rings. The number of urea groups is 1. The van der Waals surface area contributed by atoms with Crippen molar-refractivity contribution in [3.05, 3.63) is 64.7 Å². The van der Waals surface area contributed by atoms with Crippen LogP contribution in [0.3, 0.4) is 0 Å². The fraction of sp³-hybridized carbons (Fsp3) is 0.0588. The minimum absolute atomic E-state index is 0.345. The molecule has 1 heterocycles. The zero-order valence-electron chi connectivity index (χ0n) is 12.3. The molecular formula is C17H14FN3OS. The van der Waals surface area contributed by atoms with Crippen LogP contribution < -0.4 is 10.6 Å². The van der Waals surface area contributed by atoms with Gasteiger partial charge in [-0.25, -0.2) is 14.2 Å². The van der Waals surface area contributed by atoms with Crippen molar-refractivity contribution in [2.45, 2.75) is 6.92 Å². The van der Waals surface area contributed by atoms with E-state index >= 15 is 0 Å². The molecule has 6 heteroatoms. The lowest BCUT2D eigenvalue weighted by molar-refractivity contribution is 0.262. The maximum absolute atomic E-state index is 12.8. The number of carbonyl (C=O) groups is 1. The molecule has 0 saturated carbocycles. The third-order valence-corrected chi connectivity index (χ3v) is 3.91. The first-order valence-electron chi connectivity index (χ1n) is 6.96. The van der Waals surface area contributed by atoms with Gasteiger partial charge >= 0.3 is 6.03 Å². The molecule has 2 N–H and O–H groups in total. The number of anilines is 2. The van der Waals surface area contributed by atoms with E-state index in [0.717, 1.165) is 16.3 Å². The second kappa shape index (κ2) is 6.58. The number of amides is 2. The number of hydrogen-bond donors (Lipinski definition) is 2. The van der Waals surface area contributed by atoms with Crippen LogP contribution in [0.1, 0.15) is 5.01 Å². The van der Waals surface area contributed by atoms with Crippen molar-refractivity contribution in [1.82, 2.24) is 4.98 Å². The van der Waals surface area contributed by atoms with Crippen LogP contribution in [0.4, 0.5) is 20.6 Å². The Bertz CT molecular complexity index is 830. The van der Waals surface area contributed by atoms with Crippen LogP contribution in [0.15, 0.2) is 53.9 Å². The highest BCUT2D eigenvalue weighted by atomic mass is 32.1. The van der Waals surface area contributed by atoms with Gasteiger partial charge in [0.05, 0.1) is 10.7 Å². The van der Waals surface area contributed by atoms with E-state index in [9.17, 15) is 9.18 Å².